The summed E-state index contributed by atoms with van der Waals surface area (Å²) in [7, 11) is 0. The van der Waals surface area contributed by atoms with Gasteiger partial charge in [0.15, 0.2) is 0 Å². The number of unbranched alkanes of at least 4 members (excludes halogenated alkanes) is 6. The Bertz CT molecular complexity index is 144. The second-order valence-corrected chi connectivity index (χ2v) is 3.93. The zero-order chi connectivity index (χ0) is 9.78. The maximum atomic E-state index is 9.72. The fourth-order valence-electron chi connectivity index (χ4n) is 1.21. The van der Waals surface area contributed by atoms with Gasteiger partial charge < -0.3 is 0 Å². The fraction of sp³-hybridized carbons (Fsp3) is 0.900. The van der Waals surface area contributed by atoms with Crippen molar-refractivity contribution in [3.63, 3.8) is 0 Å². The summed E-state index contributed by atoms with van der Waals surface area (Å²) in [6.07, 6.45) is 10.3. The zero-order valence-electron chi connectivity index (χ0n) is 8.10. The number of halogens is 1. The summed E-state index contributed by atoms with van der Waals surface area (Å²) in [4.78, 5) is 13.2. The van der Waals surface area contributed by atoms with E-state index in [4.69, 9.17) is 0 Å². The number of nitrogens with zero attached hydrogens (tertiary/aromatic N) is 1. The SMILES string of the molecule is O=C=NCCCCCCCCCBr. The molecule has 0 rings (SSSR count). The lowest BCUT2D eigenvalue weighted by atomic mass is 10.1. The van der Waals surface area contributed by atoms with Crippen LogP contribution in [0.2, 0.25) is 0 Å². The number of alkyl halides is 1. The van der Waals surface area contributed by atoms with Gasteiger partial charge in [0.05, 0.1) is 6.54 Å². The van der Waals surface area contributed by atoms with Crippen molar-refractivity contribution in [2.24, 2.45) is 4.99 Å². The van der Waals surface area contributed by atoms with E-state index in [2.05, 4.69) is 20.9 Å². The maximum absolute atomic E-state index is 9.72. The molecular formula is C10H18BrNO. The summed E-state index contributed by atoms with van der Waals surface area (Å²) in [5.41, 5.74) is 0. The van der Waals surface area contributed by atoms with Gasteiger partial charge in [-0.25, -0.2) is 9.79 Å². The molecule has 0 unspecified atom stereocenters. The molecule has 0 heterocycles. The highest BCUT2D eigenvalue weighted by atomic mass is 79.9. The van der Waals surface area contributed by atoms with Gasteiger partial charge in [-0.2, -0.15) is 0 Å². The summed E-state index contributed by atoms with van der Waals surface area (Å²) in [5.74, 6) is 0. The normalized spacial score (nSPS) is 9.62. The van der Waals surface area contributed by atoms with Crippen molar-refractivity contribution in [1.29, 1.82) is 0 Å². The van der Waals surface area contributed by atoms with E-state index in [9.17, 15) is 4.79 Å². The van der Waals surface area contributed by atoms with E-state index in [0.717, 1.165) is 11.8 Å². The zero-order valence-corrected chi connectivity index (χ0v) is 9.68. The maximum Gasteiger partial charge on any atom is 0.234 e. The third kappa shape index (κ3) is 11.9. The largest absolute Gasteiger partial charge is 0.234 e. The van der Waals surface area contributed by atoms with E-state index in [1.165, 1.54) is 38.5 Å². The summed E-state index contributed by atoms with van der Waals surface area (Å²) in [5, 5.41) is 1.13. The number of isocyanates is 1. The number of aliphatic imine (C=N–C) groups is 1. The van der Waals surface area contributed by atoms with E-state index < -0.39 is 0 Å². The van der Waals surface area contributed by atoms with Crippen molar-refractivity contribution in [2.45, 2.75) is 44.9 Å². The molecule has 0 bridgehead atoms. The van der Waals surface area contributed by atoms with Crippen molar-refractivity contribution in [3.05, 3.63) is 0 Å². The van der Waals surface area contributed by atoms with Gasteiger partial charge in [0.2, 0.25) is 6.08 Å². The molecule has 0 fully saturated rings. The molecule has 0 aliphatic heterocycles. The summed E-state index contributed by atoms with van der Waals surface area (Å²) in [6.45, 7) is 0.658. The first-order valence-corrected chi connectivity index (χ1v) is 6.13. The molecule has 0 radical (unpaired) electrons. The van der Waals surface area contributed by atoms with Gasteiger partial charge in [0.25, 0.3) is 0 Å². The predicted octanol–water partition coefficient (Wildman–Crippen LogP) is 3.45. The van der Waals surface area contributed by atoms with Crippen LogP contribution in [0.1, 0.15) is 44.9 Å². The molecule has 13 heavy (non-hydrogen) atoms. The average Bonchev–Trinajstić information content (AvgIpc) is 2.16. The minimum atomic E-state index is 0.658. The Hall–Kier alpha value is -0.140. The minimum Gasteiger partial charge on any atom is -0.211 e. The van der Waals surface area contributed by atoms with Crippen LogP contribution in [-0.4, -0.2) is 18.0 Å². The lowest BCUT2D eigenvalue weighted by molar-refractivity contribution is 0.559. The van der Waals surface area contributed by atoms with Gasteiger partial charge in [-0.05, 0) is 12.8 Å². The molecule has 0 aromatic carbocycles. The van der Waals surface area contributed by atoms with Crippen LogP contribution in [0.5, 0.6) is 0 Å². The molecule has 0 aliphatic rings. The van der Waals surface area contributed by atoms with Crippen LogP contribution in [0.15, 0.2) is 4.99 Å². The minimum absolute atomic E-state index is 0.658. The highest BCUT2D eigenvalue weighted by Crippen LogP contribution is 2.07. The molecule has 0 aromatic rings. The molecule has 76 valence electrons. The van der Waals surface area contributed by atoms with Crippen molar-refractivity contribution in [3.8, 4) is 0 Å². The van der Waals surface area contributed by atoms with Gasteiger partial charge >= 0.3 is 0 Å². The number of hydrogen-bond donors (Lipinski definition) is 0. The standard InChI is InChI=1S/C10H18BrNO/c11-8-6-4-2-1-3-5-7-9-12-10-13/h1-9H2. The molecule has 0 spiro atoms. The van der Waals surface area contributed by atoms with Crippen LogP contribution in [0.25, 0.3) is 0 Å². The molecule has 0 aromatic heterocycles. The van der Waals surface area contributed by atoms with Crippen molar-refractivity contribution in [1.82, 2.24) is 0 Å². The second-order valence-electron chi connectivity index (χ2n) is 3.14. The number of rotatable bonds is 9. The van der Waals surface area contributed by atoms with Gasteiger partial charge in [0.1, 0.15) is 0 Å². The predicted molar refractivity (Wildman–Crippen MR) is 59.1 cm³/mol. The van der Waals surface area contributed by atoms with Crippen LogP contribution >= 0.6 is 15.9 Å². The smallest absolute Gasteiger partial charge is 0.211 e. The first-order chi connectivity index (χ1) is 6.41. The fourth-order valence-corrected chi connectivity index (χ4v) is 1.61. The summed E-state index contributed by atoms with van der Waals surface area (Å²) in [6, 6.07) is 0. The molecule has 0 saturated heterocycles. The summed E-state index contributed by atoms with van der Waals surface area (Å²) < 4.78 is 0. The van der Waals surface area contributed by atoms with E-state index in [0.29, 0.717) is 6.54 Å². The Morgan fingerprint density at radius 1 is 0.923 bits per heavy atom. The third-order valence-electron chi connectivity index (χ3n) is 1.97. The first kappa shape index (κ1) is 12.9. The highest BCUT2D eigenvalue weighted by molar-refractivity contribution is 9.09. The molecule has 0 N–H and O–H groups in total. The molecule has 0 aliphatic carbocycles. The quantitative estimate of drug-likeness (QED) is 0.266. The molecule has 0 amide bonds. The monoisotopic (exact) mass is 247 g/mol. The van der Waals surface area contributed by atoms with Crippen LogP contribution < -0.4 is 0 Å². The Morgan fingerprint density at radius 3 is 2.00 bits per heavy atom. The lowest BCUT2D eigenvalue weighted by Gasteiger charge is -1.98. The van der Waals surface area contributed by atoms with Gasteiger partial charge in [-0.3, -0.25) is 0 Å². The van der Waals surface area contributed by atoms with Gasteiger partial charge in [-0.15, -0.1) is 0 Å². The van der Waals surface area contributed by atoms with Crippen LogP contribution in [0.3, 0.4) is 0 Å². The van der Waals surface area contributed by atoms with E-state index in [1.54, 1.807) is 6.08 Å². The molecule has 3 heteroatoms. The Balaban J connectivity index is 2.87. The van der Waals surface area contributed by atoms with E-state index in [-0.39, 0.29) is 0 Å². The van der Waals surface area contributed by atoms with E-state index in [1.807, 2.05) is 0 Å². The van der Waals surface area contributed by atoms with Gasteiger partial charge in [-0.1, -0.05) is 48.0 Å². The summed E-state index contributed by atoms with van der Waals surface area (Å²) >= 11 is 3.41. The molecular weight excluding hydrogens is 230 g/mol. The van der Waals surface area contributed by atoms with Crippen LogP contribution in [-0.2, 0) is 4.79 Å². The topological polar surface area (TPSA) is 29.4 Å². The third-order valence-corrected chi connectivity index (χ3v) is 2.53. The lowest BCUT2D eigenvalue weighted by Crippen LogP contribution is -1.83. The van der Waals surface area contributed by atoms with E-state index >= 15 is 0 Å². The Morgan fingerprint density at radius 2 is 1.46 bits per heavy atom. The van der Waals surface area contributed by atoms with Crippen LogP contribution in [0, 0.1) is 0 Å². The second kappa shape index (κ2) is 11.9. The van der Waals surface area contributed by atoms with Crippen molar-refractivity contribution < 1.29 is 4.79 Å². The van der Waals surface area contributed by atoms with Gasteiger partial charge in [0, 0.05) is 5.33 Å². The Kier molecular flexibility index (Phi) is 11.7. The first-order valence-electron chi connectivity index (χ1n) is 5.01. The molecule has 2 nitrogen and oxygen atoms in total. The Labute approximate surface area is 88.9 Å². The van der Waals surface area contributed by atoms with Crippen molar-refractivity contribution in [2.75, 3.05) is 11.9 Å². The number of carbonyl (C=O) groups excluding carboxylic acids is 1. The molecule has 0 atom stereocenters. The van der Waals surface area contributed by atoms with Crippen molar-refractivity contribution >= 4 is 22.0 Å². The van der Waals surface area contributed by atoms with Crippen LogP contribution in [0.4, 0.5) is 0 Å². The molecule has 0 saturated carbocycles. The number of hydrogen-bond acceptors (Lipinski definition) is 2. The average molecular weight is 248 g/mol. The highest BCUT2D eigenvalue weighted by Gasteiger charge is 1.90.